The molecule has 2 aromatic rings. The van der Waals surface area contributed by atoms with E-state index in [1.165, 1.54) is 25.3 Å². The zero-order chi connectivity index (χ0) is 21.8. The molecule has 0 radical (unpaired) electrons. The lowest BCUT2D eigenvalue weighted by Crippen LogP contribution is -2.49. The Balaban J connectivity index is 1.58. The fraction of sp³-hybridized carbons (Fsp3) is 0.364. The Morgan fingerprint density at radius 2 is 2.06 bits per heavy atom. The third-order valence-corrected chi connectivity index (χ3v) is 8.13. The minimum Gasteiger partial charge on any atom is -0.387 e. The van der Waals surface area contributed by atoms with Gasteiger partial charge >= 0.3 is 7.52 Å². The minimum absolute atomic E-state index is 0.0627. The summed E-state index contributed by atoms with van der Waals surface area (Å²) >= 11 is 0. The number of aliphatic hydroxyl groups excluding tert-OH is 1. The maximum absolute atomic E-state index is 14.0. The summed E-state index contributed by atoms with van der Waals surface area (Å²) in [5.41, 5.74) is 1.32. The Labute approximate surface area is 179 Å². The number of carbonyl (C=O) groups is 1. The Hall–Kier alpha value is -2.54. The molecule has 2 heterocycles. The van der Waals surface area contributed by atoms with E-state index in [1.54, 1.807) is 29.2 Å². The van der Waals surface area contributed by atoms with Crippen molar-refractivity contribution in [1.82, 2.24) is 0 Å². The van der Waals surface area contributed by atoms with Gasteiger partial charge in [-0.2, -0.15) is 4.76 Å². The molecule has 0 aromatic heterocycles. The van der Waals surface area contributed by atoms with Crippen LogP contribution in [0, 0.1) is 17.7 Å². The lowest BCUT2D eigenvalue weighted by atomic mass is 9.87. The van der Waals surface area contributed by atoms with Crippen LogP contribution in [0.25, 0.3) is 0 Å². The quantitative estimate of drug-likeness (QED) is 0.689. The molecule has 9 heteroatoms. The van der Waals surface area contributed by atoms with Crippen LogP contribution in [0.1, 0.15) is 30.9 Å². The molecular weight excluding hydrogens is 420 g/mol. The lowest BCUT2D eigenvalue weighted by molar-refractivity contribution is -0.124. The summed E-state index contributed by atoms with van der Waals surface area (Å²) < 4.78 is 36.9. The number of hydrogen-bond donors (Lipinski definition) is 2. The third-order valence-electron chi connectivity index (χ3n) is 6.16. The van der Waals surface area contributed by atoms with Gasteiger partial charge < -0.3 is 19.8 Å². The van der Waals surface area contributed by atoms with E-state index in [9.17, 15) is 18.9 Å². The van der Waals surface area contributed by atoms with Gasteiger partial charge in [0.15, 0.2) is 0 Å². The van der Waals surface area contributed by atoms with Crippen LogP contribution in [-0.4, -0.2) is 30.5 Å². The van der Waals surface area contributed by atoms with Crippen molar-refractivity contribution in [2.24, 2.45) is 16.6 Å². The number of amidine groups is 1. The first-order chi connectivity index (χ1) is 14.9. The van der Waals surface area contributed by atoms with Crippen LogP contribution in [0.15, 0.2) is 47.2 Å². The number of amides is 1. The van der Waals surface area contributed by atoms with Crippen molar-refractivity contribution < 1.29 is 23.4 Å². The van der Waals surface area contributed by atoms with Crippen LogP contribution in [0.3, 0.4) is 0 Å². The van der Waals surface area contributed by atoms with E-state index >= 15 is 0 Å². The molecular formula is C22H23FN3O4P. The van der Waals surface area contributed by atoms with Crippen molar-refractivity contribution in [2.45, 2.75) is 25.4 Å². The largest absolute Gasteiger partial charge is 0.387 e. The molecule has 5 rings (SSSR count). The Morgan fingerprint density at radius 1 is 1.29 bits per heavy atom. The maximum Gasteiger partial charge on any atom is 0.348 e. The van der Waals surface area contributed by atoms with Gasteiger partial charge in [0.2, 0.25) is 5.91 Å². The average Bonchev–Trinajstić information content (AvgIpc) is 3.59. The minimum atomic E-state index is -3.63. The molecule has 31 heavy (non-hydrogen) atoms. The second kappa shape index (κ2) is 7.55. The molecule has 3 aliphatic rings. The van der Waals surface area contributed by atoms with Crippen LogP contribution in [0.5, 0.6) is 0 Å². The normalized spacial score (nSPS) is 27.3. The molecule has 2 aromatic carbocycles. The summed E-state index contributed by atoms with van der Waals surface area (Å²) in [6.07, 6.45) is 1.79. The first-order valence-electron chi connectivity index (χ1n) is 10.3. The number of nitrogens with one attached hydrogen (secondary N) is 1. The molecule has 2 aliphatic heterocycles. The smallest absolute Gasteiger partial charge is 0.348 e. The zero-order valence-electron chi connectivity index (χ0n) is 17.0. The predicted molar refractivity (Wildman–Crippen MR) is 116 cm³/mol. The molecule has 0 saturated heterocycles. The highest BCUT2D eigenvalue weighted by atomic mass is 31.2. The average molecular weight is 443 g/mol. The summed E-state index contributed by atoms with van der Waals surface area (Å²) in [5, 5.41) is 14.6. The summed E-state index contributed by atoms with van der Waals surface area (Å²) in [5.74, 6) is -1.36. The fourth-order valence-corrected chi connectivity index (χ4v) is 5.84. The molecule has 0 bridgehead atoms. The molecule has 162 valence electrons. The van der Waals surface area contributed by atoms with Crippen molar-refractivity contribution in [3.8, 4) is 0 Å². The first kappa shape index (κ1) is 20.4. The molecule has 7 nitrogen and oxygen atoms in total. The van der Waals surface area contributed by atoms with Gasteiger partial charge in [-0.25, -0.2) is 4.39 Å². The number of hydrogen-bond acceptors (Lipinski definition) is 5. The Kier molecular flexibility index (Phi) is 4.96. The van der Waals surface area contributed by atoms with Crippen LogP contribution in [0.2, 0.25) is 0 Å². The molecule has 1 fully saturated rings. The van der Waals surface area contributed by atoms with Gasteiger partial charge in [-0.1, -0.05) is 25.0 Å². The fourth-order valence-electron chi connectivity index (χ4n) is 4.29. The second-order valence-electron chi connectivity index (χ2n) is 8.18. The van der Waals surface area contributed by atoms with Crippen LogP contribution in [-0.2, 0) is 13.9 Å². The van der Waals surface area contributed by atoms with E-state index in [4.69, 9.17) is 4.52 Å². The standard InChI is InChI=1S/C22H23FN3O4P/c1-30-31(29)18-5-3-2-4-16(18)24-21(25-31)19-20(27)15-12-14(23)8-9-17(15)26(22(19)28)11-10-13-6-7-13/h2-5,8-9,12-13,19-20,27H,6-7,10-11H2,1H3,(H,24,25,29). The number of fused-ring (bicyclic) bond motifs is 2. The number of nitrogens with zero attached hydrogens (tertiary/aromatic N) is 2. The first-order valence-corrected chi connectivity index (χ1v) is 11.9. The molecule has 2 N–H and O–H groups in total. The summed E-state index contributed by atoms with van der Waals surface area (Å²) in [4.78, 5) is 15.1. The van der Waals surface area contributed by atoms with Gasteiger partial charge in [0.25, 0.3) is 0 Å². The predicted octanol–water partition coefficient (Wildman–Crippen LogP) is 3.61. The SMILES string of the molecule is COP1(=O)N=C(C2C(=O)N(CCC3CC3)c3ccc(F)cc3C2O)Nc2ccccc21. The Morgan fingerprint density at radius 3 is 2.81 bits per heavy atom. The van der Waals surface area contributed by atoms with Gasteiger partial charge in [-0.3, -0.25) is 9.36 Å². The van der Waals surface area contributed by atoms with Crippen molar-refractivity contribution in [3.63, 3.8) is 0 Å². The highest BCUT2D eigenvalue weighted by Crippen LogP contribution is 2.52. The highest BCUT2D eigenvalue weighted by Gasteiger charge is 2.46. The summed E-state index contributed by atoms with van der Waals surface area (Å²) in [6.45, 7) is 0.469. The number of carbonyl (C=O) groups excluding carboxylic acids is 1. The van der Waals surface area contributed by atoms with E-state index in [0.29, 0.717) is 34.7 Å². The van der Waals surface area contributed by atoms with Crippen LogP contribution >= 0.6 is 7.52 Å². The number of halogens is 1. The number of para-hydroxylation sites is 1. The number of benzene rings is 2. The molecule has 1 amide bonds. The number of aliphatic hydroxyl groups is 1. The maximum atomic E-state index is 14.0. The number of anilines is 2. The van der Waals surface area contributed by atoms with Crippen molar-refractivity contribution in [3.05, 3.63) is 53.8 Å². The lowest BCUT2D eigenvalue weighted by Gasteiger charge is -2.39. The molecule has 3 unspecified atom stereocenters. The van der Waals surface area contributed by atoms with Crippen LogP contribution in [0.4, 0.5) is 15.8 Å². The van der Waals surface area contributed by atoms with E-state index in [1.807, 2.05) is 0 Å². The summed E-state index contributed by atoms with van der Waals surface area (Å²) in [7, 11) is -2.32. The zero-order valence-corrected chi connectivity index (χ0v) is 17.9. The van der Waals surface area contributed by atoms with Gasteiger partial charge in [-0.05, 0) is 42.7 Å². The highest BCUT2D eigenvalue weighted by molar-refractivity contribution is 7.66. The van der Waals surface area contributed by atoms with Gasteiger partial charge in [0.05, 0.1) is 17.1 Å². The van der Waals surface area contributed by atoms with E-state index < -0.39 is 25.4 Å². The van der Waals surface area contributed by atoms with E-state index in [0.717, 1.165) is 19.3 Å². The third kappa shape index (κ3) is 3.49. The summed E-state index contributed by atoms with van der Waals surface area (Å²) in [6, 6.07) is 10.9. The van der Waals surface area contributed by atoms with Gasteiger partial charge in [-0.15, -0.1) is 0 Å². The molecule has 3 atom stereocenters. The van der Waals surface area contributed by atoms with E-state index in [-0.39, 0.29) is 11.7 Å². The molecule has 0 spiro atoms. The van der Waals surface area contributed by atoms with Gasteiger partial charge in [0, 0.05) is 24.9 Å². The van der Waals surface area contributed by atoms with Crippen molar-refractivity contribution >= 4 is 35.9 Å². The second-order valence-corrected chi connectivity index (χ2v) is 10.3. The monoisotopic (exact) mass is 443 g/mol. The molecule has 1 aliphatic carbocycles. The number of rotatable bonds is 5. The topological polar surface area (TPSA) is 91.2 Å². The van der Waals surface area contributed by atoms with Crippen LogP contribution < -0.4 is 15.5 Å². The van der Waals surface area contributed by atoms with E-state index in [2.05, 4.69) is 10.1 Å². The molecule has 1 saturated carbocycles. The van der Waals surface area contributed by atoms with Crippen molar-refractivity contribution in [1.29, 1.82) is 0 Å². The van der Waals surface area contributed by atoms with Gasteiger partial charge in [0.1, 0.15) is 17.6 Å². The van der Waals surface area contributed by atoms with Crippen molar-refractivity contribution in [2.75, 3.05) is 23.9 Å². The Bertz CT molecular complexity index is 1130.